The number of hydrogen-bond acceptors (Lipinski definition) is 3. The van der Waals surface area contributed by atoms with Gasteiger partial charge in [-0.25, -0.2) is 0 Å². The lowest BCUT2D eigenvalue weighted by atomic mass is 10.1. The molecule has 0 fully saturated rings. The SMILES string of the molecule is Cc1cc(CC(=O)O)[nH]c(=O)c1C#N. The van der Waals surface area contributed by atoms with Gasteiger partial charge in [-0.3, -0.25) is 9.59 Å². The van der Waals surface area contributed by atoms with E-state index in [0.29, 0.717) is 11.3 Å². The van der Waals surface area contributed by atoms with Crippen LogP contribution >= 0.6 is 0 Å². The highest BCUT2D eigenvalue weighted by atomic mass is 16.4. The van der Waals surface area contributed by atoms with E-state index in [2.05, 4.69) is 4.98 Å². The van der Waals surface area contributed by atoms with Crippen molar-refractivity contribution in [3.63, 3.8) is 0 Å². The molecule has 0 amide bonds. The van der Waals surface area contributed by atoms with Crippen LogP contribution in [0.4, 0.5) is 0 Å². The first-order valence-electron chi connectivity index (χ1n) is 3.89. The summed E-state index contributed by atoms with van der Waals surface area (Å²) in [6, 6.07) is 3.25. The number of nitrogens with zero attached hydrogens (tertiary/aromatic N) is 1. The second-order valence-electron chi connectivity index (χ2n) is 2.86. The lowest BCUT2D eigenvalue weighted by Gasteiger charge is -2.00. The number of aromatic amines is 1. The van der Waals surface area contributed by atoms with Gasteiger partial charge >= 0.3 is 5.97 Å². The predicted octanol–water partition coefficient (Wildman–Crippen LogP) is 0.182. The van der Waals surface area contributed by atoms with Gasteiger partial charge in [0.05, 0.1) is 6.42 Å². The van der Waals surface area contributed by atoms with Gasteiger partial charge in [0, 0.05) is 5.69 Å². The summed E-state index contributed by atoms with van der Waals surface area (Å²) in [5.74, 6) is -1.02. The van der Waals surface area contributed by atoms with E-state index in [1.54, 1.807) is 13.0 Å². The van der Waals surface area contributed by atoms with E-state index in [9.17, 15) is 9.59 Å². The molecule has 1 aromatic rings. The molecule has 0 aliphatic heterocycles. The van der Waals surface area contributed by atoms with Crippen molar-refractivity contribution in [2.75, 3.05) is 0 Å². The maximum Gasteiger partial charge on any atom is 0.309 e. The Morgan fingerprint density at radius 1 is 1.71 bits per heavy atom. The molecule has 1 rings (SSSR count). The van der Waals surface area contributed by atoms with Crippen LogP contribution < -0.4 is 5.56 Å². The van der Waals surface area contributed by atoms with Crippen LogP contribution in [0.1, 0.15) is 16.8 Å². The summed E-state index contributed by atoms with van der Waals surface area (Å²) in [6.45, 7) is 1.60. The molecule has 0 aliphatic rings. The highest BCUT2D eigenvalue weighted by Crippen LogP contribution is 2.03. The van der Waals surface area contributed by atoms with E-state index < -0.39 is 11.5 Å². The van der Waals surface area contributed by atoms with E-state index in [4.69, 9.17) is 10.4 Å². The molecule has 1 aromatic heterocycles. The zero-order valence-electron chi connectivity index (χ0n) is 7.50. The standard InChI is InChI=1S/C9H8N2O3/c1-5-2-6(3-8(12)13)11-9(14)7(5)4-10/h2H,3H2,1H3,(H,11,14)(H,12,13). The quantitative estimate of drug-likeness (QED) is 0.698. The molecule has 0 atom stereocenters. The lowest BCUT2D eigenvalue weighted by Crippen LogP contribution is -2.16. The zero-order chi connectivity index (χ0) is 10.7. The number of carboxylic acid groups (broad SMARTS) is 1. The van der Waals surface area contributed by atoms with Gasteiger partial charge < -0.3 is 10.1 Å². The van der Waals surface area contributed by atoms with Gasteiger partial charge in [-0.2, -0.15) is 5.26 Å². The number of H-pyrrole nitrogens is 1. The van der Waals surface area contributed by atoms with Crippen molar-refractivity contribution in [1.82, 2.24) is 4.98 Å². The average molecular weight is 192 g/mol. The number of rotatable bonds is 2. The van der Waals surface area contributed by atoms with Gasteiger partial charge in [-0.1, -0.05) is 0 Å². The van der Waals surface area contributed by atoms with Crippen molar-refractivity contribution in [3.05, 3.63) is 33.2 Å². The number of carboxylic acids is 1. The summed E-state index contributed by atoms with van der Waals surface area (Å²) in [6.07, 6.45) is -0.248. The van der Waals surface area contributed by atoms with Gasteiger partial charge in [0.2, 0.25) is 0 Å². The Bertz CT molecular complexity index is 468. The van der Waals surface area contributed by atoms with Crippen LogP contribution in [0.15, 0.2) is 10.9 Å². The number of hydrogen-bond donors (Lipinski definition) is 2. The summed E-state index contributed by atoms with van der Waals surface area (Å²) in [4.78, 5) is 23.9. The third-order valence-corrected chi connectivity index (χ3v) is 1.74. The topological polar surface area (TPSA) is 93.9 Å². The third-order valence-electron chi connectivity index (χ3n) is 1.74. The molecule has 5 heteroatoms. The van der Waals surface area contributed by atoms with Crippen LogP contribution in [0.5, 0.6) is 0 Å². The molecule has 0 saturated heterocycles. The molecule has 0 bridgehead atoms. The summed E-state index contributed by atoms with van der Waals surface area (Å²) in [5, 5.41) is 17.1. The van der Waals surface area contributed by atoms with Crippen LogP contribution in [0.3, 0.4) is 0 Å². The molecule has 0 spiro atoms. The van der Waals surface area contributed by atoms with E-state index >= 15 is 0 Å². The fourth-order valence-electron chi connectivity index (χ4n) is 1.15. The Balaban J connectivity index is 3.23. The van der Waals surface area contributed by atoms with Crippen LogP contribution in [0.25, 0.3) is 0 Å². The molecule has 14 heavy (non-hydrogen) atoms. The van der Waals surface area contributed by atoms with Crippen LogP contribution in [-0.4, -0.2) is 16.1 Å². The Labute approximate surface area is 79.6 Å². The van der Waals surface area contributed by atoms with Crippen molar-refractivity contribution in [3.8, 4) is 6.07 Å². The van der Waals surface area contributed by atoms with E-state index in [1.807, 2.05) is 0 Å². The minimum Gasteiger partial charge on any atom is -0.481 e. The average Bonchev–Trinajstić information content (AvgIpc) is 2.01. The normalized spacial score (nSPS) is 9.43. The molecule has 0 radical (unpaired) electrons. The molecular weight excluding hydrogens is 184 g/mol. The molecule has 72 valence electrons. The number of carbonyl (C=O) groups is 1. The van der Waals surface area contributed by atoms with E-state index in [0.717, 1.165) is 0 Å². The largest absolute Gasteiger partial charge is 0.481 e. The number of nitrogens with one attached hydrogen (secondary N) is 1. The van der Waals surface area contributed by atoms with Gasteiger partial charge in [0.1, 0.15) is 11.6 Å². The number of aryl methyl sites for hydroxylation is 1. The number of nitriles is 1. The first-order valence-corrected chi connectivity index (χ1v) is 3.89. The molecular formula is C9H8N2O3. The minimum atomic E-state index is -1.02. The van der Waals surface area contributed by atoms with Gasteiger partial charge in [-0.05, 0) is 18.6 Å². The zero-order valence-corrected chi connectivity index (χ0v) is 7.50. The van der Waals surface area contributed by atoms with Gasteiger partial charge in [0.25, 0.3) is 5.56 Å². The van der Waals surface area contributed by atoms with Crippen molar-refractivity contribution in [1.29, 1.82) is 5.26 Å². The molecule has 0 saturated carbocycles. The highest BCUT2D eigenvalue weighted by Gasteiger charge is 2.07. The highest BCUT2D eigenvalue weighted by molar-refractivity contribution is 5.69. The molecule has 2 N–H and O–H groups in total. The van der Waals surface area contributed by atoms with Crippen molar-refractivity contribution >= 4 is 5.97 Å². The van der Waals surface area contributed by atoms with E-state index in [1.165, 1.54) is 6.07 Å². The number of pyridine rings is 1. The fourth-order valence-corrected chi connectivity index (χ4v) is 1.15. The first kappa shape index (κ1) is 9.99. The molecule has 5 nitrogen and oxygen atoms in total. The van der Waals surface area contributed by atoms with Crippen molar-refractivity contribution < 1.29 is 9.90 Å². The number of aromatic nitrogens is 1. The van der Waals surface area contributed by atoms with Crippen LogP contribution in [-0.2, 0) is 11.2 Å². The Kier molecular flexibility index (Phi) is 2.67. The maximum absolute atomic E-state index is 11.2. The molecule has 0 aliphatic carbocycles. The molecule has 0 aromatic carbocycles. The Hall–Kier alpha value is -2.09. The summed E-state index contributed by atoms with van der Waals surface area (Å²) >= 11 is 0. The second-order valence-corrected chi connectivity index (χ2v) is 2.86. The summed E-state index contributed by atoms with van der Waals surface area (Å²) in [7, 11) is 0. The lowest BCUT2D eigenvalue weighted by molar-refractivity contribution is -0.136. The monoisotopic (exact) mass is 192 g/mol. The van der Waals surface area contributed by atoms with Gasteiger partial charge in [0.15, 0.2) is 0 Å². The van der Waals surface area contributed by atoms with Crippen LogP contribution in [0, 0.1) is 18.3 Å². The number of aliphatic carboxylic acids is 1. The Morgan fingerprint density at radius 3 is 2.79 bits per heavy atom. The first-order chi connectivity index (χ1) is 6.54. The van der Waals surface area contributed by atoms with Crippen molar-refractivity contribution in [2.45, 2.75) is 13.3 Å². The van der Waals surface area contributed by atoms with Crippen molar-refractivity contribution in [2.24, 2.45) is 0 Å². The summed E-state index contributed by atoms with van der Waals surface area (Å²) in [5.41, 5.74) is 0.286. The molecule has 0 unspecified atom stereocenters. The van der Waals surface area contributed by atoms with Crippen LogP contribution in [0.2, 0.25) is 0 Å². The molecule has 1 heterocycles. The smallest absolute Gasteiger partial charge is 0.309 e. The Morgan fingerprint density at radius 2 is 2.36 bits per heavy atom. The third kappa shape index (κ3) is 1.98. The second kappa shape index (κ2) is 3.75. The maximum atomic E-state index is 11.2. The van der Waals surface area contributed by atoms with E-state index in [-0.39, 0.29) is 12.0 Å². The summed E-state index contributed by atoms with van der Waals surface area (Å²) < 4.78 is 0. The predicted molar refractivity (Wildman–Crippen MR) is 47.9 cm³/mol. The van der Waals surface area contributed by atoms with Gasteiger partial charge in [-0.15, -0.1) is 0 Å². The fraction of sp³-hybridized carbons (Fsp3) is 0.222. The minimum absolute atomic E-state index is 0.0270.